The van der Waals surface area contributed by atoms with E-state index in [1.54, 1.807) is 0 Å². The van der Waals surface area contributed by atoms with Gasteiger partial charge in [0.05, 0.1) is 0 Å². The zero-order valence-electron chi connectivity index (χ0n) is 19.5. The summed E-state index contributed by atoms with van der Waals surface area (Å²) in [5.74, 6) is 0. The van der Waals surface area contributed by atoms with Gasteiger partial charge in [-0.2, -0.15) is 0 Å². The Morgan fingerprint density at radius 2 is 0.970 bits per heavy atom. The second kappa shape index (κ2) is 16.7. The van der Waals surface area contributed by atoms with Crippen LogP contribution in [0.5, 0.6) is 0 Å². The average Bonchev–Trinajstić information content (AvgIpc) is 2.70. The topological polar surface area (TPSA) is 0 Å². The smallest absolute Gasteiger partial charge is 1.00 e. The van der Waals surface area contributed by atoms with E-state index in [-0.39, 0.29) is 25.9 Å². The normalized spacial score (nSPS) is 12.2. The van der Waals surface area contributed by atoms with Gasteiger partial charge in [-0.05, 0) is 49.6 Å². The van der Waals surface area contributed by atoms with E-state index in [9.17, 15) is 21.0 Å². The van der Waals surface area contributed by atoms with Crippen LogP contribution in [0.4, 0.5) is 21.0 Å². The largest absolute Gasteiger partial charge is 1.00 e. The predicted octanol–water partition coefficient (Wildman–Crippen LogP) is 4.55. The molecule has 0 amide bonds. The van der Waals surface area contributed by atoms with Gasteiger partial charge in [-0.15, -0.1) is 0 Å². The molecule has 0 saturated heterocycles. The van der Waals surface area contributed by atoms with Crippen LogP contribution >= 0.6 is 8.16 Å². The summed E-state index contributed by atoms with van der Waals surface area (Å²) in [5, 5.41) is 0. The molecule has 0 aliphatic carbocycles. The molecule has 190 valence electrons. The molecule has 33 heavy (non-hydrogen) atoms. The van der Waals surface area contributed by atoms with Gasteiger partial charge in [0.2, 0.25) is 0 Å². The summed E-state index contributed by atoms with van der Waals surface area (Å²) in [4.78, 5) is 0. The summed E-state index contributed by atoms with van der Waals surface area (Å²) in [6.45, 7) is 4.45. The molecule has 0 saturated carbocycles. The van der Waals surface area contributed by atoms with Crippen LogP contribution in [0.25, 0.3) is 0 Å². The molecule has 0 bridgehead atoms. The van der Waals surface area contributed by atoms with Crippen LogP contribution in [0, 0.1) is 14.1 Å². The van der Waals surface area contributed by atoms with Crippen LogP contribution < -0.4 is 25.9 Å². The van der Waals surface area contributed by atoms with Crippen molar-refractivity contribution in [2.45, 2.75) is 84.5 Å². The molecular formula is C25H36F6IP. The molecule has 0 aliphatic rings. The molecule has 0 radical (unpaired) electrons. The fourth-order valence-corrected chi connectivity index (χ4v) is 5.41. The van der Waals surface area contributed by atoms with Crippen LogP contribution in [0.1, 0.15) is 82.3 Å². The van der Waals surface area contributed by atoms with Gasteiger partial charge in [0.15, 0.2) is 7.14 Å². The Morgan fingerprint density at radius 1 is 0.606 bits per heavy atom. The van der Waals surface area contributed by atoms with Crippen molar-refractivity contribution < 1.29 is 46.9 Å². The van der Waals surface area contributed by atoms with E-state index in [1.807, 2.05) is 0 Å². The maximum atomic E-state index is 9.84. The van der Waals surface area contributed by atoms with Crippen LogP contribution in [0.15, 0.2) is 48.5 Å². The van der Waals surface area contributed by atoms with Crippen molar-refractivity contribution in [1.29, 1.82) is 0 Å². The second-order valence-electron chi connectivity index (χ2n) is 8.09. The van der Waals surface area contributed by atoms with Crippen molar-refractivity contribution in [2.75, 3.05) is 0 Å². The van der Waals surface area contributed by atoms with Crippen molar-refractivity contribution in [3.05, 3.63) is 66.8 Å². The number of hydrogen-bond donors (Lipinski definition) is 0. The van der Waals surface area contributed by atoms with Crippen molar-refractivity contribution in [2.24, 2.45) is 0 Å². The van der Waals surface area contributed by atoms with Crippen molar-refractivity contribution in [3.63, 3.8) is 0 Å². The number of aryl methyl sites for hydroxylation is 2. The number of unbranched alkanes of at least 4 members (excludes halogenated alkanes) is 9. The molecule has 0 aromatic heterocycles. The van der Waals surface area contributed by atoms with Crippen molar-refractivity contribution >= 4 is 8.16 Å². The minimum Gasteiger partial charge on any atom is -1.00 e. The van der Waals surface area contributed by atoms with E-state index in [0.29, 0.717) is 0 Å². The monoisotopic (exact) mass is 608 g/mol. The second-order valence-corrected chi connectivity index (χ2v) is 12.4. The van der Waals surface area contributed by atoms with Gasteiger partial charge in [-0.1, -0.05) is 94.5 Å². The fourth-order valence-electron chi connectivity index (χ4n) is 3.25. The van der Waals surface area contributed by atoms with Crippen LogP contribution in [0.2, 0.25) is 0 Å². The molecule has 2 rings (SSSR count). The minimum atomic E-state index is -8.55. The van der Waals surface area contributed by atoms with Gasteiger partial charge in [0.1, 0.15) is 0 Å². The predicted molar refractivity (Wildman–Crippen MR) is 123 cm³/mol. The zero-order chi connectivity index (χ0) is 23.9. The molecule has 8 heteroatoms. The van der Waals surface area contributed by atoms with Crippen LogP contribution in [0.3, 0.4) is 0 Å². The summed E-state index contributed by atoms with van der Waals surface area (Å²) in [7, 11) is -8.55. The quantitative estimate of drug-likeness (QED) is 0.136. The number of hydrogen-bond acceptors (Lipinski definition) is 0. The zero-order valence-corrected chi connectivity index (χ0v) is 22.5. The van der Waals surface area contributed by atoms with Crippen molar-refractivity contribution in [1.82, 2.24) is 0 Å². The minimum absolute atomic E-state index is 0. The molecule has 0 unspecified atom stereocenters. The van der Waals surface area contributed by atoms with E-state index in [4.69, 9.17) is 0 Å². The molecule has 0 heterocycles. The van der Waals surface area contributed by atoms with Crippen molar-refractivity contribution in [3.8, 4) is 0 Å². The molecule has 0 aliphatic heterocycles. The number of halogens is 7. The van der Waals surface area contributed by atoms with Gasteiger partial charge in [0, 0.05) is 0 Å². The Labute approximate surface area is 205 Å². The van der Waals surface area contributed by atoms with Gasteiger partial charge in [0.25, 0.3) is 0 Å². The SMILES string of the molecule is CCCCCCCCCCCCc1ccc([I+]c2ccc(C)cc2)cc1.FP(F)(F)(F)F.[F-]. The average molecular weight is 608 g/mol. The molecule has 0 N–H and O–H groups in total. The van der Waals surface area contributed by atoms with Crippen LogP contribution in [-0.4, -0.2) is 0 Å². The first-order chi connectivity index (χ1) is 15.0. The molecule has 0 spiro atoms. The number of benzene rings is 2. The molecule has 0 fully saturated rings. The molecular weight excluding hydrogens is 572 g/mol. The molecule has 0 nitrogen and oxygen atoms in total. The first-order valence-electron chi connectivity index (χ1n) is 11.4. The summed E-state index contributed by atoms with van der Waals surface area (Å²) in [6, 6.07) is 18.5. The first kappa shape index (κ1) is 32.2. The standard InChI is InChI=1S/C25H36I.F5P.FH/c1-3-4-5-6-7-8-9-10-11-12-13-23-16-20-25(21-17-23)26-24-18-14-22(2)15-19-24;1-6(2,3,4)5;/h14-21H,3-13H2,1-2H3;;1H/q+1;;/p-1. The van der Waals surface area contributed by atoms with Crippen LogP contribution in [-0.2, 0) is 6.42 Å². The third kappa shape index (κ3) is 21.5. The van der Waals surface area contributed by atoms with Gasteiger partial charge in [-0.25, -0.2) is 0 Å². The van der Waals surface area contributed by atoms with E-state index < -0.39 is 8.16 Å². The summed E-state index contributed by atoms with van der Waals surface area (Å²) >= 11 is -0.0271. The maximum absolute atomic E-state index is 9.84. The van der Waals surface area contributed by atoms with Gasteiger partial charge < -0.3 is 4.70 Å². The third-order valence-electron chi connectivity index (χ3n) is 4.96. The Morgan fingerprint density at radius 3 is 1.39 bits per heavy atom. The Bertz CT molecular complexity index is 725. The summed E-state index contributed by atoms with van der Waals surface area (Å²) in [5.41, 5.74) is 2.87. The number of rotatable bonds is 13. The van der Waals surface area contributed by atoms with E-state index in [1.165, 1.54) is 88.9 Å². The van der Waals surface area contributed by atoms with Gasteiger partial charge >= 0.3 is 50.3 Å². The molecule has 2 aromatic carbocycles. The van der Waals surface area contributed by atoms with E-state index in [0.717, 1.165) is 0 Å². The van der Waals surface area contributed by atoms with E-state index in [2.05, 4.69) is 62.4 Å². The van der Waals surface area contributed by atoms with Gasteiger partial charge in [-0.3, -0.25) is 0 Å². The molecule has 2 aromatic rings. The third-order valence-corrected chi connectivity index (χ3v) is 7.65. The summed E-state index contributed by atoms with van der Waals surface area (Å²) in [6.07, 6.45) is 15.4. The summed E-state index contributed by atoms with van der Waals surface area (Å²) < 4.78 is 52.2. The Hall–Kier alpha value is -0.820. The first-order valence-corrected chi connectivity index (χ1v) is 15.3. The maximum Gasteiger partial charge on any atom is -1.00 e. The Kier molecular flexibility index (Phi) is 16.3. The van der Waals surface area contributed by atoms with E-state index >= 15 is 0 Å². The Balaban J connectivity index is 0.00000129. The molecule has 0 atom stereocenters. The fraction of sp³-hybridized carbons (Fsp3) is 0.520.